The molecule has 378 valence electrons. The first kappa shape index (κ1) is 49.9. The first-order valence-corrected chi connectivity index (χ1v) is 27.4. The van der Waals surface area contributed by atoms with Crippen LogP contribution in [0.4, 0.5) is 23.0 Å². The van der Waals surface area contributed by atoms with E-state index in [0.29, 0.717) is 69.3 Å². The Morgan fingerprint density at radius 1 is 0.676 bits per heavy atom. The summed E-state index contributed by atoms with van der Waals surface area (Å²) in [5, 5.41) is 14.1. The molecular weight excluding hydrogens is 949 g/mol. The zero-order valence-electron chi connectivity index (χ0n) is 40.9. The molecule has 4 N–H and O–H groups in total. The Labute approximate surface area is 413 Å². The molecule has 22 heteroatoms. The molecule has 2 atom stereocenters. The van der Waals surface area contributed by atoms with Gasteiger partial charge in [0.15, 0.2) is 19.7 Å². The van der Waals surface area contributed by atoms with E-state index in [9.17, 15) is 18.0 Å². The summed E-state index contributed by atoms with van der Waals surface area (Å²) in [5.74, 6) is -0.439. The molecule has 3 fully saturated rings. The van der Waals surface area contributed by atoms with E-state index in [1.165, 1.54) is 28.0 Å². The number of ether oxygens (including phenoxy) is 2. The maximum absolute atomic E-state index is 15.1. The lowest BCUT2D eigenvalue weighted by molar-refractivity contribution is 0.187. The van der Waals surface area contributed by atoms with Crippen LogP contribution in [0.15, 0.2) is 80.6 Å². The topological polar surface area (TPSA) is 237 Å². The van der Waals surface area contributed by atoms with Gasteiger partial charge in [0, 0.05) is 63.1 Å². The van der Waals surface area contributed by atoms with Gasteiger partial charge in [0.1, 0.15) is 22.4 Å². The molecule has 0 saturated carbocycles. The number of likely N-dealkylation sites (tertiary alicyclic amines) is 2. The van der Waals surface area contributed by atoms with Crippen LogP contribution in [0.2, 0.25) is 0 Å². The number of aryl methyl sites for hydroxylation is 2. The van der Waals surface area contributed by atoms with Gasteiger partial charge in [-0.1, -0.05) is 12.1 Å². The zero-order valence-corrected chi connectivity index (χ0v) is 42.6. The van der Waals surface area contributed by atoms with E-state index in [2.05, 4.69) is 55.1 Å². The molecule has 0 amide bonds. The number of anilines is 4. The molecule has 0 aliphatic carbocycles. The normalized spacial score (nSPS) is 18.8. The Hall–Kier alpha value is -6.04. The van der Waals surface area contributed by atoms with Crippen LogP contribution < -0.4 is 32.4 Å². The van der Waals surface area contributed by atoms with Gasteiger partial charge in [0.2, 0.25) is 0 Å². The van der Waals surface area contributed by atoms with Gasteiger partial charge >= 0.3 is 0 Å². The molecule has 0 bridgehead atoms. The molecule has 3 aliphatic heterocycles. The van der Waals surface area contributed by atoms with Crippen molar-refractivity contribution in [2.45, 2.75) is 53.6 Å². The maximum atomic E-state index is 15.1. The Bertz CT molecular complexity index is 3320. The Morgan fingerprint density at radius 2 is 1.18 bits per heavy atom. The highest BCUT2D eigenvalue weighted by molar-refractivity contribution is 7.91. The number of rotatable bonds is 16. The largest absolute Gasteiger partial charge is 0.383 e. The first-order chi connectivity index (χ1) is 33.9. The molecule has 71 heavy (non-hydrogen) atoms. The number of hydrogen-bond acceptors (Lipinski definition) is 18. The fraction of sp³-hybridized carbons (Fsp3) is 0.469. The van der Waals surface area contributed by atoms with E-state index < -0.39 is 31.6 Å². The minimum Gasteiger partial charge on any atom is -0.383 e. The predicted octanol–water partition coefficient (Wildman–Crippen LogP) is 3.68. The van der Waals surface area contributed by atoms with Gasteiger partial charge in [0.05, 0.1) is 87.9 Å². The van der Waals surface area contributed by atoms with Gasteiger partial charge in [-0.15, -0.1) is 0 Å². The van der Waals surface area contributed by atoms with Gasteiger partial charge in [-0.2, -0.15) is 0 Å². The maximum Gasteiger partial charge on any atom is 0.264 e. The summed E-state index contributed by atoms with van der Waals surface area (Å²) in [6.07, 6.45) is 7.43. The summed E-state index contributed by atoms with van der Waals surface area (Å²) in [6, 6.07) is 13.3. The first-order valence-electron chi connectivity index (χ1n) is 23.9. The summed E-state index contributed by atoms with van der Waals surface area (Å²) in [7, 11) is 1.12. The number of hydrogen-bond donors (Lipinski definition) is 4. The monoisotopic (exact) mass is 1010 g/mol. The summed E-state index contributed by atoms with van der Waals surface area (Å²) in [5.41, 5.74) is 2.85. The second kappa shape index (κ2) is 20.6. The third-order valence-corrected chi connectivity index (χ3v) is 16.8. The molecule has 1 unspecified atom stereocenters. The van der Waals surface area contributed by atoms with E-state index in [1.807, 2.05) is 6.07 Å². The predicted molar refractivity (Wildman–Crippen MR) is 276 cm³/mol. The van der Waals surface area contributed by atoms with Crippen LogP contribution >= 0.6 is 0 Å². The number of benzene rings is 2. The quantitative estimate of drug-likeness (QED) is 0.101. The average molecular weight is 1010 g/mol. The summed E-state index contributed by atoms with van der Waals surface area (Å²) >= 11 is 0. The molecule has 7 heterocycles. The fourth-order valence-corrected chi connectivity index (χ4v) is 12.3. The number of methoxy groups -OCH3 is 1. The van der Waals surface area contributed by atoms with Crippen molar-refractivity contribution in [2.24, 2.45) is 20.0 Å². The van der Waals surface area contributed by atoms with E-state index >= 15 is 8.42 Å². The molecule has 3 saturated heterocycles. The lowest BCUT2D eigenvalue weighted by Gasteiger charge is -2.31. The van der Waals surface area contributed by atoms with Crippen LogP contribution in [-0.4, -0.2) is 160 Å². The van der Waals surface area contributed by atoms with Crippen LogP contribution in [0.3, 0.4) is 0 Å². The molecule has 20 nitrogen and oxygen atoms in total. The third-order valence-electron chi connectivity index (χ3n) is 13.8. The highest BCUT2D eigenvalue weighted by atomic mass is 32.2. The summed E-state index contributed by atoms with van der Waals surface area (Å²) in [4.78, 5) is 50.8. The molecule has 0 radical (unpaired) electrons. The van der Waals surface area contributed by atoms with Crippen molar-refractivity contribution in [3.05, 3.63) is 81.9 Å². The van der Waals surface area contributed by atoms with Crippen LogP contribution in [0.5, 0.6) is 0 Å². The van der Waals surface area contributed by atoms with E-state index in [0.717, 1.165) is 51.9 Å². The smallest absolute Gasteiger partial charge is 0.264 e. The van der Waals surface area contributed by atoms with Crippen LogP contribution in [0.25, 0.3) is 44.3 Å². The van der Waals surface area contributed by atoms with E-state index in [-0.39, 0.29) is 63.2 Å². The number of sulfone groups is 2. The highest BCUT2D eigenvalue weighted by Gasteiger charge is 2.36. The molecule has 4 aromatic heterocycles. The second-order valence-corrected chi connectivity index (χ2v) is 23.2. The number of aromatic nitrogens is 6. The summed E-state index contributed by atoms with van der Waals surface area (Å²) < 4.78 is 70.7. The minimum absolute atomic E-state index is 0.0361. The van der Waals surface area contributed by atoms with Crippen molar-refractivity contribution in [2.75, 3.05) is 107 Å². The van der Waals surface area contributed by atoms with Crippen molar-refractivity contribution in [1.29, 1.82) is 0 Å². The Balaban J connectivity index is 1.06. The summed E-state index contributed by atoms with van der Waals surface area (Å²) in [6.45, 7) is 4.48. The molecular formula is C49H62N12O8S2. The van der Waals surface area contributed by atoms with Crippen LogP contribution in [-0.2, 0) is 43.2 Å². The fourth-order valence-electron chi connectivity index (χ4n) is 9.62. The van der Waals surface area contributed by atoms with Crippen molar-refractivity contribution < 1.29 is 26.3 Å². The van der Waals surface area contributed by atoms with Crippen molar-refractivity contribution in [3.8, 4) is 22.5 Å². The number of fused-ring (bicyclic) bond motifs is 2. The zero-order chi connectivity index (χ0) is 50.2. The Morgan fingerprint density at radius 3 is 1.72 bits per heavy atom. The van der Waals surface area contributed by atoms with Crippen molar-refractivity contribution in [1.82, 2.24) is 38.9 Å². The van der Waals surface area contributed by atoms with Crippen LogP contribution in [0, 0.1) is 5.92 Å². The van der Waals surface area contributed by atoms with Gasteiger partial charge in [0.25, 0.3) is 11.1 Å². The van der Waals surface area contributed by atoms with Crippen molar-refractivity contribution >= 4 is 64.5 Å². The van der Waals surface area contributed by atoms with Gasteiger partial charge in [-0.05, 0) is 102 Å². The number of pyridine rings is 2. The molecule has 3 aliphatic rings. The minimum atomic E-state index is -4.10. The molecule has 9 rings (SSSR count). The van der Waals surface area contributed by atoms with Gasteiger partial charge in [-0.3, -0.25) is 9.59 Å². The number of piperidine rings is 2. The molecule has 0 spiro atoms. The lowest BCUT2D eigenvalue weighted by Crippen LogP contribution is -2.37. The van der Waals surface area contributed by atoms with Gasteiger partial charge in [-0.25, -0.2) is 36.8 Å². The third kappa shape index (κ3) is 10.9. The lowest BCUT2D eigenvalue weighted by atomic mass is 10.0. The second-order valence-electron chi connectivity index (χ2n) is 19.2. The SMILES string of the molecule is COCCNc1nc(-c2ccc(NC3CCN(C)CC3)c(S(=O)(=O)CC3COC[C@@H]3Nc3nc(-c4ccc(NC5CCN(C)CC5)c(S(C)(=O)=O)c4)cc4ncn(C)c(=O)c34)c2)cc2ncn(C)c(=O)c12. The molecule has 2 aromatic carbocycles. The Kier molecular flexibility index (Phi) is 14.5. The number of nitrogens with one attached hydrogen (secondary N) is 4. The average Bonchev–Trinajstić information content (AvgIpc) is 3.77. The van der Waals surface area contributed by atoms with Crippen LogP contribution in [0.1, 0.15) is 25.7 Å². The highest BCUT2D eigenvalue weighted by Crippen LogP contribution is 2.36. The van der Waals surface area contributed by atoms with E-state index in [1.54, 1.807) is 63.7 Å². The van der Waals surface area contributed by atoms with Gasteiger partial charge < -0.3 is 49.7 Å². The number of nitrogens with zero attached hydrogens (tertiary/aromatic N) is 8. The standard InChI is InChI=1S/C49H62N12O8S2/c1-58-16-11-33(12-17-58)53-35-9-7-30(21-42(35)70(6,64)65)38-24-40-45(49(63)61(4)29-52-40)47(56-38)57-41-26-69-25-32(41)27-71(66,67)43-22-31(8-10-36(43)54-34-13-18-59(2)19-14-34)37-23-39-44(48(62)60(3)28-51-39)46(55-37)50-15-20-68-5/h7-10,21-24,28-29,32-34,41,53-54H,11-20,25-27H2,1-6H3,(H,50,55)(H,56,57)/t32?,41-/m0/s1. The van der Waals surface area contributed by atoms with Crippen molar-refractivity contribution in [3.63, 3.8) is 0 Å². The molecule has 6 aromatic rings. The van der Waals surface area contributed by atoms with E-state index in [4.69, 9.17) is 19.4 Å².